The van der Waals surface area contributed by atoms with E-state index in [9.17, 15) is 13.2 Å². The molecule has 0 atom stereocenters. The average molecular weight is 427 g/mol. The van der Waals surface area contributed by atoms with Gasteiger partial charge < -0.3 is 4.90 Å². The van der Waals surface area contributed by atoms with Gasteiger partial charge >= 0.3 is 0 Å². The van der Waals surface area contributed by atoms with Crippen LogP contribution in [0.1, 0.15) is 43.4 Å². The third-order valence-electron chi connectivity index (χ3n) is 6.51. The number of amides is 1. The maximum Gasteiger partial charge on any atom is 0.245 e. The zero-order valence-electron chi connectivity index (χ0n) is 18.0. The van der Waals surface area contributed by atoms with Crippen molar-refractivity contribution in [3.8, 4) is 0 Å². The molecule has 2 heterocycles. The van der Waals surface area contributed by atoms with Crippen molar-refractivity contribution in [3.05, 3.63) is 65.2 Å². The standard InChI is InChI=1S/C24H30N2O3S/c1-18(2)17-26-22-11-7-6-10-21(22)24(30(26,28)29)12-14-25(15-13-24)23(27)16-20-9-5-4-8-19(20)3/h4-11,18H,12-17H2,1-3H3. The number of piperidine rings is 1. The first-order chi connectivity index (χ1) is 14.3. The highest BCUT2D eigenvalue weighted by Gasteiger charge is 2.57. The molecular formula is C24H30N2O3S. The molecule has 0 saturated carbocycles. The van der Waals surface area contributed by atoms with Crippen LogP contribution in [0, 0.1) is 12.8 Å². The van der Waals surface area contributed by atoms with E-state index in [-0.39, 0.29) is 11.8 Å². The van der Waals surface area contributed by atoms with Crippen LogP contribution < -0.4 is 4.31 Å². The molecule has 5 nitrogen and oxygen atoms in total. The highest BCUT2D eigenvalue weighted by molar-refractivity contribution is 7.94. The highest BCUT2D eigenvalue weighted by Crippen LogP contribution is 2.52. The van der Waals surface area contributed by atoms with E-state index in [1.807, 2.05) is 74.2 Å². The summed E-state index contributed by atoms with van der Waals surface area (Å²) in [6, 6.07) is 15.6. The minimum atomic E-state index is -3.52. The summed E-state index contributed by atoms with van der Waals surface area (Å²) >= 11 is 0. The molecule has 2 aliphatic rings. The molecule has 6 heteroatoms. The molecule has 0 N–H and O–H groups in total. The second-order valence-electron chi connectivity index (χ2n) is 8.93. The van der Waals surface area contributed by atoms with Crippen molar-refractivity contribution in [2.45, 2.75) is 44.8 Å². The summed E-state index contributed by atoms with van der Waals surface area (Å²) < 4.78 is 28.1. The molecular weight excluding hydrogens is 396 g/mol. The molecule has 2 aliphatic heterocycles. The van der Waals surface area contributed by atoms with E-state index in [0.717, 1.165) is 22.4 Å². The third-order valence-corrected chi connectivity index (χ3v) is 9.05. The number of fused-ring (bicyclic) bond motifs is 2. The molecule has 1 amide bonds. The van der Waals surface area contributed by atoms with E-state index < -0.39 is 14.8 Å². The minimum absolute atomic E-state index is 0.0712. The molecule has 2 aromatic carbocycles. The largest absolute Gasteiger partial charge is 0.342 e. The van der Waals surface area contributed by atoms with Crippen molar-refractivity contribution in [1.82, 2.24) is 4.90 Å². The number of anilines is 1. The summed E-state index contributed by atoms with van der Waals surface area (Å²) in [7, 11) is -3.52. The Morgan fingerprint density at radius 2 is 1.67 bits per heavy atom. The summed E-state index contributed by atoms with van der Waals surface area (Å²) in [5, 5.41) is 0. The first kappa shape index (κ1) is 20.9. The Kier molecular flexibility index (Phi) is 5.39. The first-order valence-electron chi connectivity index (χ1n) is 10.7. The molecule has 160 valence electrons. The van der Waals surface area contributed by atoms with Crippen LogP contribution in [0.3, 0.4) is 0 Å². The Morgan fingerprint density at radius 3 is 2.33 bits per heavy atom. The van der Waals surface area contributed by atoms with Gasteiger partial charge in [-0.1, -0.05) is 56.3 Å². The SMILES string of the molecule is Cc1ccccc1CC(=O)N1CCC2(CC1)c1ccccc1N(CC(C)C)S2(=O)=O. The molecule has 1 saturated heterocycles. The molecule has 0 unspecified atom stereocenters. The predicted octanol–water partition coefficient (Wildman–Crippen LogP) is 3.86. The van der Waals surface area contributed by atoms with Crippen LogP contribution in [0.15, 0.2) is 48.5 Å². The lowest BCUT2D eigenvalue weighted by Gasteiger charge is -2.39. The first-order valence-corrected chi connectivity index (χ1v) is 12.1. The van der Waals surface area contributed by atoms with E-state index in [4.69, 9.17) is 0 Å². The number of likely N-dealkylation sites (tertiary alicyclic amines) is 1. The maximum absolute atomic E-state index is 13.7. The van der Waals surface area contributed by atoms with Crippen molar-refractivity contribution in [1.29, 1.82) is 0 Å². The number of nitrogens with zero attached hydrogens (tertiary/aromatic N) is 2. The molecule has 0 aromatic heterocycles. The third kappa shape index (κ3) is 3.31. The zero-order valence-corrected chi connectivity index (χ0v) is 18.8. The minimum Gasteiger partial charge on any atom is -0.342 e. The molecule has 0 bridgehead atoms. The number of aryl methyl sites for hydroxylation is 1. The Labute approximate surface area is 179 Å². The van der Waals surface area contributed by atoms with Crippen molar-refractivity contribution in [2.24, 2.45) is 5.92 Å². The zero-order chi connectivity index (χ0) is 21.5. The molecule has 2 aromatic rings. The Balaban J connectivity index is 1.57. The van der Waals surface area contributed by atoms with Crippen molar-refractivity contribution < 1.29 is 13.2 Å². The lowest BCUT2D eigenvalue weighted by atomic mass is 9.87. The fraction of sp³-hybridized carbons (Fsp3) is 0.458. The summed E-state index contributed by atoms with van der Waals surface area (Å²) in [5.41, 5.74) is 3.85. The van der Waals surface area contributed by atoms with Gasteiger partial charge in [0.15, 0.2) is 0 Å². The van der Waals surface area contributed by atoms with Crippen LogP contribution in [-0.2, 0) is 26.0 Å². The smallest absolute Gasteiger partial charge is 0.245 e. The quantitative estimate of drug-likeness (QED) is 0.746. The average Bonchev–Trinajstić information content (AvgIpc) is 2.89. The van der Waals surface area contributed by atoms with Gasteiger partial charge in [-0.25, -0.2) is 8.42 Å². The Morgan fingerprint density at radius 1 is 1.03 bits per heavy atom. The van der Waals surface area contributed by atoms with Crippen LogP contribution in [-0.4, -0.2) is 38.9 Å². The van der Waals surface area contributed by atoms with Gasteiger partial charge in [-0.05, 0) is 48.4 Å². The van der Waals surface area contributed by atoms with Gasteiger partial charge in [-0.3, -0.25) is 9.10 Å². The number of sulfonamides is 1. The van der Waals surface area contributed by atoms with Gasteiger partial charge in [0.2, 0.25) is 15.9 Å². The second kappa shape index (κ2) is 7.73. The summed E-state index contributed by atoms with van der Waals surface area (Å²) in [4.78, 5) is 14.7. The van der Waals surface area contributed by atoms with E-state index in [0.29, 0.717) is 38.9 Å². The van der Waals surface area contributed by atoms with Crippen molar-refractivity contribution in [2.75, 3.05) is 23.9 Å². The number of rotatable bonds is 4. The van der Waals surface area contributed by atoms with Crippen LogP contribution >= 0.6 is 0 Å². The molecule has 0 aliphatic carbocycles. The number of para-hydroxylation sites is 1. The van der Waals surface area contributed by atoms with E-state index in [1.54, 1.807) is 4.31 Å². The fourth-order valence-electron chi connectivity index (χ4n) is 4.81. The summed E-state index contributed by atoms with van der Waals surface area (Å²) in [6.45, 7) is 7.50. The van der Waals surface area contributed by atoms with Gasteiger partial charge in [0.1, 0.15) is 4.75 Å². The van der Waals surface area contributed by atoms with Gasteiger partial charge in [-0.2, -0.15) is 0 Å². The number of hydrogen-bond acceptors (Lipinski definition) is 3. The van der Waals surface area contributed by atoms with Gasteiger partial charge in [0.25, 0.3) is 0 Å². The van der Waals surface area contributed by atoms with Crippen LogP contribution in [0.2, 0.25) is 0 Å². The highest BCUT2D eigenvalue weighted by atomic mass is 32.2. The van der Waals surface area contributed by atoms with E-state index in [1.165, 1.54) is 0 Å². The summed E-state index contributed by atoms with van der Waals surface area (Å²) in [5.74, 6) is 0.306. The second-order valence-corrected chi connectivity index (χ2v) is 11.1. The van der Waals surface area contributed by atoms with Gasteiger partial charge in [0, 0.05) is 19.6 Å². The van der Waals surface area contributed by atoms with Crippen LogP contribution in [0.5, 0.6) is 0 Å². The molecule has 1 spiro atoms. The van der Waals surface area contributed by atoms with Crippen LogP contribution in [0.4, 0.5) is 5.69 Å². The lowest BCUT2D eigenvalue weighted by Crippen LogP contribution is -2.50. The van der Waals surface area contributed by atoms with Crippen LogP contribution in [0.25, 0.3) is 0 Å². The number of benzene rings is 2. The maximum atomic E-state index is 13.7. The molecule has 0 radical (unpaired) electrons. The Hall–Kier alpha value is -2.34. The normalized spacial score (nSPS) is 19.3. The van der Waals surface area contributed by atoms with Gasteiger partial charge in [-0.15, -0.1) is 0 Å². The molecule has 4 rings (SSSR count). The number of carbonyl (C=O) groups excluding carboxylic acids is 1. The monoisotopic (exact) mass is 426 g/mol. The van der Waals surface area contributed by atoms with E-state index >= 15 is 0 Å². The number of carbonyl (C=O) groups is 1. The van der Waals surface area contributed by atoms with Crippen molar-refractivity contribution >= 4 is 21.6 Å². The Bertz CT molecular complexity index is 1050. The lowest BCUT2D eigenvalue weighted by molar-refractivity contribution is -0.131. The molecule has 30 heavy (non-hydrogen) atoms. The topological polar surface area (TPSA) is 57.7 Å². The van der Waals surface area contributed by atoms with Gasteiger partial charge in [0.05, 0.1) is 12.1 Å². The van der Waals surface area contributed by atoms with E-state index in [2.05, 4.69) is 0 Å². The van der Waals surface area contributed by atoms with Crippen molar-refractivity contribution in [3.63, 3.8) is 0 Å². The fourth-order valence-corrected chi connectivity index (χ4v) is 7.30. The number of hydrogen-bond donors (Lipinski definition) is 0. The summed E-state index contributed by atoms with van der Waals surface area (Å²) in [6.07, 6.45) is 1.25. The molecule has 1 fully saturated rings. The predicted molar refractivity (Wildman–Crippen MR) is 120 cm³/mol.